The molecule has 0 saturated carbocycles. The number of nitrogens with zero attached hydrogens (tertiary/aromatic N) is 1. The van der Waals surface area contributed by atoms with Crippen molar-refractivity contribution in [3.05, 3.63) is 65.9 Å². The van der Waals surface area contributed by atoms with Gasteiger partial charge in [-0.05, 0) is 35.9 Å². The van der Waals surface area contributed by atoms with E-state index in [1.54, 1.807) is 20.2 Å². The molecule has 3 rings (SSSR count). The van der Waals surface area contributed by atoms with Gasteiger partial charge in [-0.1, -0.05) is 36.4 Å². The number of para-hydroxylation sites is 1. The molecule has 3 aromatic rings. The van der Waals surface area contributed by atoms with Crippen LogP contribution < -0.4 is 14.8 Å². The minimum Gasteiger partial charge on any atom is -0.493 e. The second kappa shape index (κ2) is 8.16. The van der Waals surface area contributed by atoms with Crippen LogP contribution in [0, 0.1) is 0 Å². The number of methoxy groups -OCH3 is 1. The summed E-state index contributed by atoms with van der Waals surface area (Å²) in [5, 5.41) is 3.63. The molecule has 0 atom stereocenters. The number of pyridine rings is 1. The number of benzene rings is 2. The van der Waals surface area contributed by atoms with E-state index in [9.17, 15) is 4.79 Å². The van der Waals surface area contributed by atoms with Gasteiger partial charge in [-0.2, -0.15) is 0 Å². The molecule has 0 aliphatic heterocycles. The molecule has 0 saturated heterocycles. The van der Waals surface area contributed by atoms with E-state index >= 15 is 0 Å². The predicted octanol–water partition coefficient (Wildman–Crippen LogP) is 3.54. The van der Waals surface area contributed by atoms with Gasteiger partial charge in [-0.25, -0.2) is 4.98 Å². The summed E-state index contributed by atoms with van der Waals surface area (Å²) < 4.78 is 10.8. The van der Waals surface area contributed by atoms with E-state index in [2.05, 4.69) is 16.4 Å². The molecule has 26 heavy (non-hydrogen) atoms. The van der Waals surface area contributed by atoms with E-state index in [0.717, 1.165) is 22.2 Å². The van der Waals surface area contributed by atoms with Gasteiger partial charge in [-0.15, -0.1) is 0 Å². The van der Waals surface area contributed by atoms with Gasteiger partial charge >= 0.3 is 0 Å². The van der Waals surface area contributed by atoms with Crippen molar-refractivity contribution in [2.24, 2.45) is 0 Å². The van der Waals surface area contributed by atoms with Crippen molar-refractivity contribution in [3.63, 3.8) is 0 Å². The van der Waals surface area contributed by atoms with E-state index in [1.807, 2.05) is 54.6 Å². The number of carbonyl (C=O) groups is 1. The maximum Gasteiger partial charge on any atom is 0.257 e. The Bertz CT molecular complexity index is 951. The lowest BCUT2D eigenvalue weighted by atomic mass is 10.1. The zero-order valence-electron chi connectivity index (χ0n) is 14.7. The summed E-state index contributed by atoms with van der Waals surface area (Å²) in [6.07, 6.45) is 3.91. The monoisotopic (exact) mass is 348 g/mol. The van der Waals surface area contributed by atoms with Crippen molar-refractivity contribution >= 4 is 29.0 Å². The lowest BCUT2D eigenvalue weighted by Gasteiger charge is -2.10. The van der Waals surface area contributed by atoms with Crippen LogP contribution in [0.5, 0.6) is 11.5 Å². The van der Waals surface area contributed by atoms with Gasteiger partial charge in [0.15, 0.2) is 18.1 Å². The van der Waals surface area contributed by atoms with Crippen LogP contribution in [0.4, 0.5) is 0 Å². The Morgan fingerprint density at radius 3 is 2.73 bits per heavy atom. The number of rotatable bonds is 6. The molecule has 0 unspecified atom stereocenters. The normalized spacial score (nSPS) is 10.8. The first kappa shape index (κ1) is 17.5. The van der Waals surface area contributed by atoms with Gasteiger partial charge in [-0.3, -0.25) is 4.79 Å². The standard InChI is InChI=1S/C21H20N2O3/c1-22-21(24)14-26-19-12-8-15(13-20(19)25-2)7-10-17-11-9-16-5-3-4-6-18(16)23-17/h3-13H,14H2,1-2H3,(H,22,24). The lowest BCUT2D eigenvalue weighted by Crippen LogP contribution is -2.24. The van der Waals surface area contributed by atoms with Crippen molar-refractivity contribution < 1.29 is 14.3 Å². The summed E-state index contributed by atoms with van der Waals surface area (Å²) in [6.45, 7) is -0.0525. The second-order valence-electron chi connectivity index (χ2n) is 5.63. The van der Waals surface area contributed by atoms with Crippen molar-refractivity contribution in [2.75, 3.05) is 20.8 Å². The SMILES string of the molecule is CNC(=O)COc1ccc(C=Cc2ccc3ccccc3n2)cc1OC. The third kappa shape index (κ3) is 4.19. The first-order chi connectivity index (χ1) is 12.7. The Morgan fingerprint density at radius 2 is 1.92 bits per heavy atom. The third-order valence-corrected chi connectivity index (χ3v) is 3.89. The van der Waals surface area contributed by atoms with E-state index in [4.69, 9.17) is 9.47 Å². The summed E-state index contributed by atoms with van der Waals surface area (Å²) >= 11 is 0. The van der Waals surface area contributed by atoms with Gasteiger partial charge in [0.25, 0.3) is 5.91 Å². The van der Waals surface area contributed by atoms with Crippen molar-refractivity contribution in [2.45, 2.75) is 0 Å². The smallest absolute Gasteiger partial charge is 0.257 e. The van der Waals surface area contributed by atoms with Crippen LogP contribution in [0.15, 0.2) is 54.6 Å². The van der Waals surface area contributed by atoms with Crippen molar-refractivity contribution in [3.8, 4) is 11.5 Å². The predicted molar refractivity (Wildman–Crippen MR) is 103 cm³/mol. The molecule has 0 radical (unpaired) electrons. The first-order valence-electron chi connectivity index (χ1n) is 8.25. The number of hydrogen-bond acceptors (Lipinski definition) is 4. The molecule has 0 spiro atoms. The van der Waals surface area contributed by atoms with Crippen LogP contribution in [0.1, 0.15) is 11.3 Å². The highest BCUT2D eigenvalue weighted by atomic mass is 16.5. The molecule has 0 fully saturated rings. The lowest BCUT2D eigenvalue weighted by molar-refractivity contribution is -0.122. The summed E-state index contributed by atoms with van der Waals surface area (Å²) in [7, 11) is 3.14. The van der Waals surface area contributed by atoms with Crippen LogP contribution in [0.3, 0.4) is 0 Å². The van der Waals surface area contributed by atoms with E-state index in [0.29, 0.717) is 11.5 Å². The van der Waals surface area contributed by atoms with Crippen LogP contribution in [0.25, 0.3) is 23.1 Å². The molecule has 0 aliphatic carbocycles. The Hall–Kier alpha value is -3.34. The van der Waals surface area contributed by atoms with Gasteiger partial charge in [0.1, 0.15) is 0 Å². The molecule has 0 bridgehead atoms. The summed E-state index contributed by atoms with van der Waals surface area (Å²) in [5.74, 6) is 0.901. The van der Waals surface area contributed by atoms with Gasteiger partial charge < -0.3 is 14.8 Å². The highest BCUT2D eigenvalue weighted by Crippen LogP contribution is 2.28. The Balaban J connectivity index is 1.77. The number of fused-ring (bicyclic) bond motifs is 1. The topological polar surface area (TPSA) is 60.5 Å². The maximum absolute atomic E-state index is 11.3. The maximum atomic E-state index is 11.3. The summed E-state index contributed by atoms with van der Waals surface area (Å²) in [4.78, 5) is 15.9. The van der Waals surface area contributed by atoms with Gasteiger partial charge in [0, 0.05) is 12.4 Å². The fraction of sp³-hybridized carbons (Fsp3) is 0.143. The number of nitrogens with one attached hydrogen (secondary N) is 1. The fourth-order valence-corrected chi connectivity index (χ4v) is 2.48. The minimum absolute atomic E-state index is 0.0525. The van der Waals surface area contributed by atoms with E-state index in [1.165, 1.54) is 0 Å². The first-order valence-corrected chi connectivity index (χ1v) is 8.25. The average Bonchev–Trinajstić information content (AvgIpc) is 2.70. The molecule has 0 aliphatic rings. The molecule has 5 nitrogen and oxygen atoms in total. The molecule has 5 heteroatoms. The van der Waals surface area contributed by atoms with Gasteiger partial charge in [0.05, 0.1) is 18.3 Å². The molecular formula is C21H20N2O3. The number of ether oxygens (including phenoxy) is 2. The van der Waals surface area contributed by atoms with E-state index in [-0.39, 0.29) is 12.5 Å². The molecule has 1 heterocycles. The molecule has 1 aromatic heterocycles. The van der Waals surface area contributed by atoms with Crippen LogP contribution in [-0.4, -0.2) is 31.7 Å². The minimum atomic E-state index is -0.196. The van der Waals surface area contributed by atoms with Crippen molar-refractivity contribution in [1.29, 1.82) is 0 Å². The molecule has 1 N–H and O–H groups in total. The molecule has 1 amide bonds. The van der Waals surface area contributed by atoms with Crippen LogP contribution in [-0.2, 0) is 4.79 Å². The molecule has 132 valence electrons. The zero-order valence-corrected chi connectivity index (χ0v) is 14.7. The fourth-order valence-electron chi connectivity index (χ4n) is 2.48. The molecule has 2 aromatic carbocycles. The highest BCUT2D eigenvalue weighted by Gasteiger charge is 2.07. The largest absolute Gasteiger partial charge is 0.493 e. The quantitative estimate of drug-likeness (QED) is 0.740. The Kier molecular flexibility index (Phi) is 5.49. The number of aromatic nitrogens is 1. The average molecular weight is 348 g/mol. The summed E-state index contributed by atoms with van der Waals surface area (Å²) in [6, 6.07) is 17.6. The highest BCUT2D eigenvalue weighted by molar-refractivity contribution is 5.81. The number of amides is 1. The van der Waals surface area contributed by atoms with Crippen LogP contribution >= 0.6 is 0 Å². The Morgan fingerprint density at radius 1 is 1.08 bits per heavy atom. The number of likely N-dealkylation sites (N-methyl/N-ethyl adjacent to an activating group) is 1. The third-order valence-electron chi connectivity index (χ3n) is 3.89. The zero-order chi connectivity index (χ0) is 18.4. The van der Waals surface area contributed by atoms with Crippen molar-refractivity contribution in [1.82, 2.24) is 10.3 Å². The number of carbonyl (C=O) groups excluding carboxylic acids is 1. The van der Waals surface area contributed by atoms with Crippen LogP contribution in [0.2, 0.25) is 0 Å². The van der Waals surface area contributed by atoms with Gasteiger partial charge in [0.2, 0.25) is 0 Å². The molecular weight excluding hydrogens is 328 g/mol. The number of hydrogen-bond donors (Lipinski definition) is 1. The Labute approximate surface area is 152 Å². The summed E-state index contributed by atoms with van der Waals surface area (Å²) in [5.41, 5.74) is 2.79. The van der Waals surface area contributed by atoms with E-state index < -0.39 is 0 Å². The second-order valence-corrected chi connectivity index (χ2v) is 5.63.